The first-order valence-electron chi connectivity index (χ1n) is 19.6. The fourth-order valence-corrected chi connectivity index (χ4v) is 7.68. The number of carbonyl (C=O) groups is 3. The van der Waals surface area contributed by atoms with Crippen LogP contribution in [-0.4, -0.2) is 93.7 Å². The summed E-state index contributed by atoms with van der Waals surface area (Å²) in [5, 5.41) is 3.13. The Bertz CT molecular complexity index is 2400. The van der Waals surface area contributed by atoms with Gasteiger partial charge in [0.1, 0.15) is 0 Å². The fourth-order valence-electron chi connectivity index (χ4n) is 7.68. The van der Waals surface area contributed by atoms with Gasteiger partial charge in [0.2, 0.25) is 0 Å². The van der Waals surface area contributed by atoms with E-state index in [9.17, 15) is 14.4 Å². The first kappa shape index (κ1) is 39.0. The minimum atomic E-state index is -0.399. The van der Waals surface area contributed by atoms with Crippen LogP contribution in [0.2, 0.25) is 0 Å². The van der Waals surface area contributed by atoms with Gasteiger partial charge in [0.25, 0.3) is 11.8 Å². The molecular weight excluding hydrogens is 751 g/mol. The van der Waals surface area contributed by atoms with Crippen molar-refractivity contribution < 1.29 is 38.1 Å². The minimum absolute atomic E-state index is 0.132. The highest BCUT2D eigenvalue weighted by atomic mass is 16.5. The molecule has 0 aliphatic carbocycles. The highest BCUT2D eigenvalue weighted by molar-refractivity contribution is 6.06. The Labute approximate surface area is 342 Å². The average molecular weight is 796 g/mol. The van der Waals surface area contributed by atoms with Gasteiger partial charge in [-0.25, -0.2) is 4.79 Å². The molecule has 4 aromatic rings. The maximum Gasteiger partial charge on any atom is 0.337 e. The van der Waals surface area contributed by atoms with Crippen molar-refractivity contribution in [2.45, 2.75) is 44.2 Å². The molecule has 4 aromatic carbocycles. The molecule has 0 radical (unpaired) electrons. The number of ether oxygens (including phenoxy) is 5. The lowest BCUT2D eigenvalue weighted by atomic mass is 10.0. The van der Waals surface area contributed by atoms with Crippen LogP contribution in [0.15, 0.2) is 95.2 Å². The third kappa shape index (κ3) is 7.88. The van der Waals surface area contributed by atoms with Crippen molar-refractivity contribution in [3.63, 3.8) is 0 Å². The van der Waals surface area contributed by atoms with Crippen molar-refractivity contribution in [1.82, 2.24) is 9.80 Å². The summed E-state index contributed by atoms with van der Waals surface area (Å²) < 4.78 is 28.4. The molecule has 4 aliphatic heterocycles. The van der Waals surface area contributed by atoms with E-state index < -0.39 is 5.97 Å². The molecule has 0 spiro atoms. The highest BCUT2D eigenvalue weighted by Gasteiger charge is 2.35. The number of esters is 1. The van der Waals surface area contributed by atoms with Gasteiger partial charge in [-0.15, -0.1) is 0 Å². The number of anilines is 1. The van der Waals surface area contributed by atoms with E-state index in [1.807, 2.05) is 49.9 Å². The van der Waals surface area contributed by atoms with Gasteiger partial charge >= 0.3 is 5.97 Å². The van der Waals surface area contributed by atoms with Crippen molar-refractivity contribution in [2.24, 2.45) is 9.98 Å². The predicted molar refractivity (Wildman–Crippen MR) is 226 cm³/mol. The summed E-state index contributed by atoms with van der Waals surface area (Å²) in [7, 11) is 6.34. The van der Waals surface area contributed by atoms with Crippen LogP contribution in [0.5, 0.6) is 23.0 Å². The molecule has 0 aromatic heterocycles. The van der Waals surface area contributed by atoms with Gasteiger partial charge in [0.05, 0.1) is 74.7 Å². The van der Waals surface area contributed by atoms with Crippen LogP contribution >= 0.6 is 0 Å². The number of unbranched alkanes of at least 4 members (excludes halogenated alkanes) is 2. The standard InChI is InChI=1S/C46H45N5O8/c1-47-33-14-12-29(13-15-33)32-19-35-25-49-39-23-43(41(56-3)21-37(39)45(53)51(35)27-32)59-17-7-5-6-16-58-42-22-38-36(20-40(42)55-2)44(52)50-26-31(18-34(50)24-48-38)28-8-10-30(11-9-28)46(54)57-4/h8-15,20-27,34-35,47H,5-7,16-19H2,1-4H3. The molecule has 2 unspecified atom stereocenters. The highest BCUT2D eigenvalue weighted by Crippen LogP contribution is 2.42. The van der Waals surface area contributed by atoms with Gasteiger partial charge in [0, 0.05) is 62.5 Å². The zero-order chi connectivity index (χ0) is 41.0. The molecule has 0 saturated carbocycles. The van der Waals surface area contributed by atoms with Gasteiger partial charge in [0.15, 0.2) is 23.0 Å². The Morgan fingerprint density at radius 1 is 0.661 bits per heavy atom. The number of hydrogen-bond acceptors (Lipinski definition) is 11. The summed E-state index contributed by atoms with van der Waals surface area (Å²) >= 11 is 0. The van der Waals surface area contributed by atoms with Crippen LogP contribution in [0.25, 0.3) is 11.1 Å². The molecule has 4 aliphatic rings. The lowest BCUT2D eigenvalue weighted by molar-refractivity contribution is 0.0600. The van der Waals surface area contributed by atoms with Gasteiger partial charge in [-0.2, -0.15) is 0 Å². The fraction of sp³-hybridized carbons (Fsp3) is 0.283. The van der Waals surface area contributed by atoms with Gasteiger partial charge in [-0.05, 0) is 77.9 Å². The number of hydrogen-bond donors (Lipinski definition) is 1. The number of methoxy groups -OCH3 is 3. The molecule has 0 fully saturated rings. The molecule has 13 heteroatoms. The zero-order valence-electron chi connectivity index (χ0n) is 33.4. The van der Waals surface area contributed by atoms with E-state index in [1.165, 1.54) is 7.11 Å². The first-order chi connectivity index (χ1) is 28.8. The van der Waals surface area contributed by atoms with E-state index in [0.29, 0.717) is 77.1 Å². The number of nitrogens with zero attached hydrogens (tertiary/aromatic N) is 4. The van der Waals surface area contributed by atoms with Crippen LogP contribution in [0.3, 0.4) is 0 Å². The van der Waals surface area contributed by atoms with Crippen molar-refractivity contribution in [3.05, 3.63) is 113 Å². The smallest absolute Gasteiger partial charge is 0.337 e. The second-order valence-electron chi connectivity index (χ2n) is 14.5. The van der Waals surface area contributed by atoms with Gasteiger partial charge in [-0.1, -0.05) is 24.3 Å². The summed E-state index contributed by atoms with van der Waals surface area (Å²) in [6.07, 6.45) is 11.0. The van der Waals surface area contributed by atoms with Crippen LogP contribution in [0.1, 0.15) is 74.3 Å². The van der Waals surface area contributed by atoms with Crippen LogP contribution in [0.4, 0.5) is 17.1 Å². The Morgan fingerprint density at radius 3 is 1.58 bits per heavy atom. The second kappa shape index (κ2) is 16.9. The SMILES string of the molecule is CNc1ccc(C2=CN3C(=O)c4cc(OC)c(OCCCCCOc5cc6c(cc5OC)C(=O)N5C=C(c7ccc(C(=O)OC)cc7)CC5C=N6)cc4N=CC3C2)cc1. The Morgan fingerprint density at radius 2 is 1.14 bits per heavy atom. The number of rotatable bonds is 14. The number of amides is 2. The average Bonchev–Trinajstić information content (AvgIpc) is 3.85. The predicted octanol–water partition coefficient (Wildman–Crippen LogP) is 8.10. The summed E-state index contributed by atoms with van der Waals surface area (Å²) in [5.74, 6) is 1.25. The molecule has 2 atom stereocenters. The number of carbonyl (C=O) groups excluding carboxylic acids is 3. The monoisotopic (exact) mass is 795 g/mol. The quantitative estimate of drug-likeness (QED) is 0.0991. The Balaban J connectivity index is 0.844. The normalized spacial score (nSPS) is 17.5. The molecule has 0 bridgehead atoms. The molecule has 302 valence electrons. The summed E-state index contributed by atoms with van der Waals surface area (Å²) in [6.45, 7) is 0.863. The lowest BCUT2D eigenvalue weighted by Gasteiger charge is -2.19. The third-order valence-electron chi connectivity index (χ3n) is 11.0. The lowest BCUT2D eigenvalue weighted by Crippen LogP contribution is -2.32. The molecule has 8 rings (SSSR count). The van der Waals surface area contributed by atoms with E-state index in [2.05, 4.69) is 17.4 Å². The number of fused-ring (bicyclic) bond motifs is 4. The summed E-state index contributed by atoms with van der Waals surface area (Å²) in [6, 6.07) is 21.8. The van der Waals surface area contributed by atoms with Crippen LogP contribution < -0.4 is 24.3 Å². The topological polar surface area (TPSA) is 141 Å². The third-order valence-corrected chi connectivity index (χ3v) is 11.0. The molecule has 13 nitrogen and oxygen atoms in total. The number of nitrogens with one attached hydrogen (secondary N) is 1. The zero-order valence-corrected chi connectivity index (χ0v) is 33.4. The minimum Gasteiger partial charge on any atom is -0.493 e. The Kier molecular flexibility index (Phi) is 11.2. The molecule has 1 N–H and O–H groups in total. The second-order valence-corrected chi connectivity index (χ2v) is 14.5. The first-order valence-corrected chi connectivity index (χ1v) is 19.6. The van der Waals surface area contributed by atoms with Gasteiger partial charge < -0.3 is 38.8 Å². The van der Waals surface area contributed by atoms with Crippen LogP contribution in [0, 0.1) is 0 Å². The van der Waals surface area contributed by atoms with Crippen molar-refractivity contribution in [1.29, 1.82) is 0 Å². The molecular formula is C46H45N5O8. The molecule has 2 amide bonds. The van der Waals surface area contributed by atoms with Crippen molar-refractivity contribution in [3.8, 4) is 23.0 Å². The van der Waals surface area contributed by atoms with E-state index in [-0.39, 0.29) is 23.9 Å². The number of aliphatic imine (C=N–C) groups is 2. The molecule has 0 saturated heterocycles. The molecule has 4 heterocycles. The largest absolute Gasteiger partial charge is 0.493 e. The maximum atomic E-state index is 13.8. The van der Waals surface area contributed by atoms with E-state index >= 15 is 0 Å². The van der Waals surface area contributed by atoms with Gasteiger partial charge in [-0.3, -0.25) is 19.6 Å². The summed E-state index contributed by atoms with van der Waals surface area (Å²) in [4.78, 5) is 52.2. The molecule has 59 heavy (non-hydrogen) atoms. The van der Waals surface area contributed by atoms with E-state index in [1.54, 1.807) is 66.6 Å². The Hall–Kier alpha value is -6.89. The van der Waals surface area contributed by atoms with E-state index in [0.717, 1.165) is 47.2 Å². The van der Waals surface area contributed by atoms with Crippen molar-refractivity contribution >= 4 is 58.4 Å². The number of benzene rings is 4. The summed E-state index contributed by atoms with van der Waals surface area (Å²) in [5.41, 5.74) is 7.48. The van der Waals surface area contributed by atoms with Crippen molar-refractivity contribution in [2.75, 3.05) is 46.9 Å². The van der Waals surface area contributed by atoms with E-state index in [4.69, 9.17) is 33.7 Å². The maximum absolute atomic E-state index is 13.8. The van der Waals surface area contributed by atoms with Crippen LogP contribution in [-0.2, 0) is 4.74 Å².